The van der Waals surface area contributed by atoms with Crippen molar-refractivity contribution in [3.05, 3.63) is 45.9 Å². The number of ketones is 1. The first-order chi connectivity index (χ1) is 6.15. The minimum Gasteiger partial charge on any atom is -0.294 e. The standard InChI is InChI=1S/C10H8BrClO/c1-2-3-10(13)8-5-4-7(12)6-9(8)11/h2,4-6H,1,3H2. The highest BCUT2D eigenvalue weighted by molar-refractivity contribution is 9.10. The van der Waals surface area contributed by atoms with Crippen LogP contribution < -0.4 is 0 Å². The zero-order chi connectivity index (χ0) is 9.84. The highest BCUT2D eigenvalue weighted by atomic mass is 79.9. The molecular formula is C10H8BrClO. The number of hydrogen-bond acceptors (Lipinski definition) is 1. The fraction of sp³-hybridized carbons (Fsp3) is 0.100. The zero-order valence-electron chi connectivity index (χ0n) is 6.89. The third kappa shape index (κ3) is 2.68. The van der Waals surface area contributed by atoms with Crippen molar-refractivity contribution < 1.29 is 4.79 Å². The van der Waals surface area contributed by atoms with Crippen LogP contribution in [0.4, 0.5) is 0 Å². The molecule has 0 saturated carbocycles. The van der Waals surface area contributed by atoms with Gasteiger partial charge in [0, 0.05) is 21.5 Å². The summed E-state index contributed by atoms with van der Waals surface area (Å²) in [5.41, 5.74) is 0.643. The second-order valence-corrected chi connectivity index (χ2v) is 3.83. The molecule has 0 aromatic heterocycles. The average molecular weight is 260 g/mol. The lowest BCUT2D eigenvalue weighted by Gasteiger charge is -2.01. The molecule has 0 amide bonds. The molecule has 0 N–H and O–H groups in total. The molecule has 68 valence electrons. The van der Waals surface area contributed by atoms with Gasteiger partial charge in [-0.2, -0.15) is 0 Å². The van der Waals surface area contributed by atoms with E-state index in [1.54, 1.807) is 24.3 Å². The zero-order valence-corrected chi connectivity index (χ0v) is 9.23. The molecule has 13 heavy (non-hydrogen) atoms. The van der Waals surface area contributed by atoms with Gasteiger partial charge in [-0.15, -0.1) is 6.58 Å². The molecular weight excluding hydrogens is 251 g/mol. The van der Waals surface area contributed by atoms with Gasteiger partial charge < -0.3 is 0 Å². The summed E-state index contributed by atoms with van der Waals surface area (Å²) in [6.07, 6.45) is 1.93. The van der Waals surface area contributed by atoms with Gasteiger partial charge in [-0.1, -0.05) is 17.7 Å². The lowest BCUT2D eigenvalue weighted by molar-refractivity contribution is 0.0995. The first-order valence-corrected chi connectivity index (χ1v) is 4.91. The van der Waals surface area contributed by atoms with E-state index in [-0.39, 0.29) is 5.78 Å². The Morgan fingerprint density at radius 1 is 1.62 bits per heavy atom. The molecule has 0 saturated heterocycles. The molecule has 3 heteroatoms. The summed E-state index contributed by atoms with van der Waals surface area (Å²) in [5, 5.41) is 0.613. The monoisotopic (exact) mass is 258 g/mol. The van der Waals surface area contributed by atoms with Crippen molar-refractivity contribution >= 4 is 33.3 Å². The molecule has 0 aliphatic carbocycles. The van der Waals surface area contributed by atoms with E-state index < -0.39 is 0 Å². The van der Waals surface area contributed by atoms with Crippen molar-refractivity contribution in [3.63, 3.8) is 0 Å². The summed E-state index contributed by atoms with van der Waals surface area (Å²) in [4.78, 5) is 11.4. The van der Waals surface area contributed by atoms with Crippen molar-refractivity contribution in [3.8, 4) is 0 Å². The van der Waals surface area contributed by atoms with Crippen LogP contribution >= 0.6 is 27.5 Å². The summed E-state index contributed by atoms with van der Waals surface area (Å²) in [7, 11) is 0. The molecule has 0 bridgehead atoms. The lowest BCUT2D eigenvalue weighted by Crippen LogP contribution is -1.97. The van der Waals surface area contributed by atoms with Gasteiger partial charge >= 0.3 is 0 Å². The van der Waals surface area contributed by atoms with E-state index in [0.717, 1.165) is 4.47 Å². The molecule has 1 aromatic carbocycles. The Kier molecular flexibility index (Phi) is 3.70. The molecule has 0 spiro atoms. The Balaban J connectivity index is 3.01. The van der Waals surface area contributed by atoms with E-state index in [9.17, 15) is 4.79 Å². The van der Waals surface area contributed by atoms with Crippen LogP contribution in [-0.4, -0.2) is 5.78 Å². The van der Waals surface area contributed by atoms with Crippen LogP contribution in [0.25, 0.3) is 0 Å². The summed E-state index contributed by atoms with van der Waals surface area (Å²) >= 11 is 9.02. The Morgan fingerprint density at radius 2 is 2.31 bits per heavy atom. The highest BCUT2D eigenvalue weighted by Crippen LogP contribution is 2.22. The fourth-order valence-electron chi connectivity index (χ4n) is 0.957. The molecule has 1 aromatic rings. The summed E-state index contributed by atoms with van der Waals surface area (Å²) in [6.45, 7) is 3.51. The second-order valence-electron chi connectivity index (χ2n) is 2.54. The summed E-state index contributed by atoms with van der Waals surface area (Å²) in [5.74, 6) is 0.0403. The Morgan fingerprint density at radius 3 is 2.85 bits per heavy atom. The molecule has 1 nitrogen and oxygen atoms in total. The maximum absolute atomic E-state index is 11.4. The predicted octanol–water partition coefficient (Wildman–Crippen LogP) is 3.86. The first-order valence-electron chi connectivity index (χ1n) is 3.74. The van der Waals surface area contributed by atoms with E-state index in [4.69, 9.17) is 11.6 Å². The topological polar surface area (TPSA) is 17.1 Å². The Labute approximate surface area is 90.5 Å². The minimum atomic E-state index is 0.0403. The fourth-order valence-corrected chi connectivity index (χ4v) is 1.86. The molecule has 0 aliphatic rings. The molecule has 0 atom stereocenters. The van der Waals surface area contributed by atoms with Crippen LogP contribution in [0.15, 0.2) is 35.3 Å². The van der Waals surface area contributed by atoms with Gasteiger partial charge in [0.15, 0.2) is 5.78 Å². The van der Waals surface area contributed by atoms with Crippen LogP contribution in [0, 0.1) is 0 Å². The number of carbonyl (C=O) groups is 1. The Bertz CT molecular complexity index is 347. The van der Waals surface area contributed by atoms with Crippen molar-refractivity contribution in [1.29, 1.82) is 0 Å². The summed E-state index contributed by atoms with van der Waals surface area (Å²) < 4.78 is 0.729. The molecule has 0 fully saturated rings. The van der Waals surface area contributed by atoms with Gasteiger partial charge in [-0.05, 0) is 34.1 Å². The van der Waals surface area contributed by atoms with Gasteiger partial charge in [0.05, 0.1) is 0 Å². The average Bonchev–Trinajstić information content (AvgIpc) is 2.04. The van der Waals surface area contributed by atoms with Gasteiger partial charge in [0.25, 0.3) is 0 Å². The van der Waals surface area contributed by atoms with Crippen molar-refractivity contribution in [2.45, 2.75) is 6.42 Å². The van der Waals surface area contributed by atoms with E-state index in [2.05, 4.69) is 22.5 Å². The van der Waals surface area contributed by atoms with Crippen molar-refractivity contribution in [2.24, 2.45) is 0 Å². The maximum Gasteiger partial charge on any atom is 0.167 e. The molecule has 0 aliphatic heterocycles. The van der Waals surface area contributed by atoms with E-state index in [1.165, 1.54) is 0 Å². The maximum atomic E-state index is 11.4. The molecule has 0 radical (unpaired) electrons. The van der Waals surface area contributed by atoms with E-state index in [0.29, 0.717) is 17.0 Å². The van der Waals surface area contributed by atoms with E-state index in [1.807, 2.05) is 0 Å². The Hall–Kier alpha value is -0.600. The number of allylic oxidation sites excluding steroid dienone is 1. The summed E-state index contributed by atoms with van der Waals surface area (Å²) in [6, 6.07) is 5.11. The molecule has 1 rings (SSSR count). The third-order valence-corrected chi connectivity index (χ3v) is 2.45. The van der Waals surface area contributed by atoms with Crippen LogP contribution in [0.2, 0.25) is 5.02 Å². The normalized spacial score (nSPS) is 9.69. The number of halogens is 2. The SMILES string of the molecule is C=CCC(=O)c1ccc(Cl)cc1Br. The minimum absolute atomic E-state index is 0.0403. The van der Waals surface area contributed by atoms with E-state index >= 15 is 0 Å². The van der Waals surface area contributed by atoms with Gasteiger partial charge in [0.2, 0.25) is 0 Å². The van der Waals surface area contributed by atoms with Crippen molar-refractivity contribution in [1.82, 2.24) is 0 Å². The van der Waals surface area contributed by atoms with Gasteiger partial charge in [-0.25, -0.2) is 0 Å². The van der Waals surface area contributed by atoms with Crippen LogP contribution in [0.3, 0.4) is 0 Å². The van der Waals surface area contributed by atoms with Gasteiger partial charge in [0.1, 0.15) is 0 Å². The highest BCUT2D eigenvalue weighted by Gasteiger charge is 2.07. The van der Waals surface area contributed by atoms with Crippen LogP contribution in [-0.2, 0) is 0 Å². The quantitative estimate of drug-likeness (QED) is 0.595. The van der Waals surface area contributed by atoms with Gasteiger partial charge in [-0.3, -0.25) is 4.79 Å². The smallest absolute Gasteiger partial charge is 0.167 e. The lowest BCUT2D eigenvalue weighted by atomic mass is 10.1. The largest absolute Gasteiger partial charge is 0.294 e. The number of hydrogen-bond donors (Lipinski definition) is 0. The third-order valence-electron chi connectivity index (χ3n) is 1.56. The molecule has 0 heterocycles. The number of Topliss-reactive ketones (excluding diaryl/α,β-unsaturated/α-hetero) is 1. The molecule has 0 unspecified atom stereocenters. The van der Waals surface area contributed by atoms with Crippen LogP contribution in [0.5, 0.6) is 0 Å². The number of benzene rings is 1. The number of rotatable bonds is 3. The first kappa shape index (κ1) is 10.5. The van der Waals surface area contributed by atoms with Crippen LogP contribution in [0.1, 0.15) is 16.8 Å². The predicted molar refractivity (Wildman–Crippen MR) is 58.3 cm³/mol. The second kappa shape index (κ2) is 4.58. The van der Waals surface area contributed by atoms with Crippen molar-refractivity contribution in [2.75, 3.05) is 0 Å². The number of carbonyl (C=O) groups excluding carboxylic acids is 1.